The van der Waals surface area contributed by atoms with E-state index in [2.05, 4.69) is 11.4 Å². The number of hydrogen-bond donors (Lipinski definition) is 1. The van der Waals surface area contributed by atoms with Gasteiger partial charge in [-0.15, -0.1) is 22.7 Å². The molecular weight excluding hydrogens is 317 g/mol. The van der Waals surface area contributed by atoms with Crippen molar-refractivity contribution >= 4 is 34.3 Å². The highest BCUT2D eigenvalue weighted by Gasteiger charge is 2.30. The van der Waals surface area contributed by atoms with Gasteiger partial charge in [0, 0.05) is 33.0 Å². The SMILES string of the molecule is O=C1C[C@@H](c2cccs2)c2scc(-c3ccc(F)cc3)c2N1. The first-order chi connectivity index (χ1) is 10.7. The molecule has 0 unspecified atom stereocenters. The Labute approximate surface area is 135 Å². The molecule has 1 atom stereocenters. The molecular formula is C17H12FNOS2. The molecule has 2 aromatic heterocycles. The van der Waals surface area contributed by atoms with Crippen LogP contribution < -0.4 is 5.32 Å². The third-order valence-corrected chi connectivity index (χ3v) is 5.91. The fourth-order valence-corrected chi connectivity index (χ4v) is 4.85. The second kappa shape index (κ2) is 5.34. The minimum Gasteiger partial charge on any atom is -0.325 e. The number of amides is 1. The van der Waals surface area contributed by atoms with Crippen LogP contribution >= 0.6 is 22.7 Å². The van der Waals surface area contributed by atoms with Gasteiger partial charge >= 0.3 is 0 Å². The van der Waals surface area contributed by atoms with Gasteiger partial charge in [-0.1, -0.05) is 18.2 Å². The minimum atomic E-state index is -0.256. The maximum absolute atomic E-state index is 13.1. The molecule has 1 amide bonds. The van der Waals surface area contributed by atoms with E-state index in [4.69, 9.17) is 0 Å². The fourth-order valence-electron chi connectivity index (χ4n) is 2.79. The monoisotopic (exact) mass is 329 g/mol. The molecule has 0 fully saturated rings. The number of carbonyl (C=O) groups excluding carboxylic acids is 1. The predicted octanol–water partition coefficient (Wildman–Crippen LogP) is 5.09. The number of thiophene rings is 2. The summed E-state index contributed by atoms with van der Waals surface area (Å²) in [7, 11) is 0. The number of benzene rings is 1. The molecule has 1 aliphatic rings. The number of anilines is 1. The molecule has 110 valence electrons. The Kier molecular flexibility index (Phi) is 3.32. The average molecular weight is 329 g/mol. The van der Waals surface area contributed by atoms with Gasteiger partial charge in [-0.25, -0.2) is 4.39 Å². The number of halogens is 1. The van der Waals surface area contributed by atoms with Gasteiger partial charge in [0.05, 0.1) is 5.69 Å². The lowest BCUT2D eigenvalue weighted by atomic mass is 9.94. The maximum Gasteiger partial charge on any atom is 0.225 e. The van der Waals surface area contributed by atoms with Crippen molar-refractivity contribution < 1.29 is 9.18 Å². The summed E-state index contributed by atoms with van der Waals surface area (Å²) in [6.07, 6.45) is 0.483. The van der Waals surface area contributed by atoms with Crippen LogP contribution in [0.2, 0.25) is 0 Å². The van der Waals surface area contributed by atoms with Crippen molar-refractivity contribution in [1.82, 2.24) is 0 Å². The Balaban J connectivity index is 1.82. The zero-order valence-electron chi connectivity index (χ0n) is 11.5. The summed E-state index contributed by atoms with van der Waals surface area (Å²) in [5, 5.41) is 7.08. The van der Waals surface area contributed by atoms with Gasteiger partial charge in [0.15, 0.2) is 0 Å². The molecule has 22 heavy (non-hydrogen) atoms. The first kappa shape index (κ1) is 13.7. The van der Waals surface area contributed by atoms with Crippen LogP contribution in [-0.2, 0) is 4.79 Å². The van der Waals surface area contributed by atoms with Crippen molar-refractivity contribution in [1.29, 1.82) is 0 Å². The van der Waals surface area contributed by atoms with Crippen molar-refractivity contribution in [3.8, 4) is 11.1 Å². The van der Waals surface area contributed by atoms with Crippen molar-refractivity contribution in [2.24, 2.45) is 0 Å². The summed E-state index contributed by atoms with van der Waals surface area (Å²) < 4.78 is 13.1. The van der Waals surface area contributed by atoms with Gasteiger partial charge in [0.2, 0.25) is 5.91 Å². The van der Waals surface area contributed by atoms with Gasteiger partial charge in [0.1, 0.15) is 5.82 Å². The summed E-state index contributed by atoms with van der Waals surface area (Å²) in [5.74, 6) is -0.0936. The van der Waals surface area contributed by atoms with E-state index in [9.17, 15) is 9.18 Å². The van der Waals surface area contributed by atoms with E-state index in [-0.39, 0.29) is 17.6 Å². The van der Waals surface area contributed by atoms with E-state index in [0.717, 1.165) is 16.8 Å². The maximum atomic E-state index is 13.1. The van der Waals surface area contributed by atoms with Crippen LogP contribution in [0.25, 0.3) is 11.1 Å². The molecule has 0 saturated carbocycles. The first-order valence-electron chi connectivity index (χ1n) is 6.93. The number of nitrogens with one attached hydrogen (secondary N) is 1. The number of fused-ring (bicyclic) bond motifs is 1. The van der Waals surface area contributed by atoms with Crippen molar-refractivity contribution in [3.05, 3.63) is 62.7 Å². The summed E-state index contributed by atoms with van der Waals surface area (Å²) in [4.78, 5) is 14.5. The van der Waals surface area contributed by atoms with Crippen LogP contribution in [0.5, 0.6) is 0 Å². The van der Waals surface area contributed by atoms with Crippen molar-refractivity contribution in [3.63, 3.8) is 0 Å². The van der Waals surface area contributed by atoms with E-state index in [0.29, 0.717) is 6.42 Å². The topological polar surface area (TPSA) is 29.1 Å². The zero-order valence-corrected chi connectivity index (χ0v) is 13.1. The Morgan fingerprint density at radius 1 is 1.14 bits per heavy atom. The standard InChI is InChI=1S/C17H12FNOS2/c18-11-5-3-10(4-6-11)13-9-22-17-12(14-2-1-7-21-14)8-15(20)19-16(13)17/h1-7,9,12H,8H2,(H,19,20)/t12-/m0/s1. The highest BCUT2D eigenvalue weighted by molar-refractivity contribution is 7.12. The molecule has 1 aliphatic heterocycles. The van der Waals surface area contributed by atoms with Gasteiger partial charge in [-0.05, 0) is 29.1 Å². The predicted molar refractivity (Wildman–Crippen MR) is 89.1 cm³/mol. The van der Waals surface area contributed by atoms with Gasteiger partial charge in [0.25, 0.3) is 0 Å². The summed E-state index contributed by atoms with van der Waals surface area (Å²) in [5.41, 5.74) is 2.77. The number of hydrogen-bond acceptors (Lipinski definition) is 3. The van der Waals surface area contributed by atoms with Crippen molar-refractivity contribution in [2.75, 3.05) is 5.32 Å². The third kappa shape index (κ3) is 2.26. The Morgan fingerprint density at radius 3 is 2.68 bits per heavy atom. The van der Waals surface area contributed by atoms with E-state index < -0.39 is 0 Å². The van der Waals surface area contributed by atoms with Crippen LogP contribution in [0.1, 0.15) is 22.1 Å². The lowest BCUT2D eigenvalue weighted by molar-refractivity contribution is -0.116. The van der Waals surface area contributed by atoms with E-state index in [1.807, 2.05) is 16.8 Å². The number of rotatable bonds is 2. The van der Waals surface area contributed by atoms with E-state index in [1.165, 1.54) is 21.9 Å². The second-order valence-electron chi connectivity index (χ2n) is 5.22. The van der Waals surface area contributed by atoms with E-state index in [1.54, 1.807) is 34.8 Å². The normalized spacial score (nSPS) is 17.1. The lowest BCUT2D eigenvalue weighted by Crippen LogP contribution is -2.21. The molecule has 0 radical (unpaired) electrons. The largest absolute Gasteiger partial charge is 0.325 e. The average Bonchev–Trinajstić information content (AvgIpc) is 3.16. The first-order valence-corrected chi connectivity index (χ1v) is 8.69. The Hall–Kier alpha value is -1.98. The Morgan fingerprint density at radius 2 is 1.95 bits per heavy atom. The van der Waals surface area contributed by atoms with Gasteiger partial charge in [-0.3, -0.25) is 4.79 Å². The molecule has 0 bridgehead atoms. The number of carbonyl (C=O) groups is 1. The van der Waals surface area contributed by atoms with Crippen molar-refractivity contribution in [2.45, 2.75) is 12.3 Å². The Bertz CT molecular complexity index is 821. The lowest BCUT2D eigenvalue weighted by Gasteiger charge is -2.22. The van der Waals surface area contributed by atoms with Gasteiger partial charge < -0.3 is 5.32 Å². The molecule has 2 nitrogen and oxygen atoms in total. The van der Waals surface area contributed by atoms with Crippen LogP contribution in [0, 0.1) is 5.82 Å². The summed E-state index contributed by atoms with van der Waals surface area (Å²) in [6.45, 7) is 0. The third-order valence-electron chi connectivity index (χ3n) is 3.83. The smallest absolute Gasteiger partial charge is 0.225 e. The summed E-state index contributed by atoms with van der Waals surface area (Å²) >= 11 is 3.34. The zero-order chi connectivity index (χ0) is 15.1. The minimum absolute atomic E-state index is 0.0349. The van der Waals surface area contributed by atoms with Crippen LogP contribution in [0.3, 0.4) is 0 Å². The van der Waals surface area contributed by atoms with Crippen LogP contribution in [0.15, 0.2) is 47.2 Å². The summed E-state index contributed by atoms with van der Waals surface area (Å²) in [6, 6.07) is 10.5. The molecule has 0 spiro atoms. The quantitative estimate of drug-likeness (QED) is 0.697. The van der Waals surface area contributed by atoms with Gasteiger partial charge in [-0.2, -0.15) is 0 Å². The molecule has 4 rings (SSSR count). The molecule has 1 aromatic carbocycles. The van der Waals surface area contributed by atoms with E-state index >= 15 is 0 Å². The van der Waals surface area contributed by atoms with Crippen LogP contribution in [-0.4, -0.2) is 5.91 Å². The molecule has 1 N–H and O–H groups in total. The molecule has 3 heterocycles. The van der Waals surface area contributed by atoms with Crippen LogP contribution in [0.4, 0.5) is 10.1 Å². The highest BCUT2D eigenvalue weighted by Crippen LogP contribution is 2.47. The fraction of sp³-hybridized carbons (Fsp3) is 0.118. The highest BCUT2D eigenvalue weighted by atomic mass is 32.1. The molecule has 5 heteroatoms. The second-order valence-corrected chi connectivity index (χ2v) is 7.11. The molecule has 0 aliphatic carbocycles. The molecule has 3 aromatic rings. The molecule has 0 saturated heterocycles.